The molecule has 3 unspecified atom stereocenters. The summed E-state index contributed by atoms with van der Waals surface area (Å²) in [6.45, 7) is 11.6. The molecule has 6 rings (SSSR count). The smallest absolute Gasteiger partial charge is 0.157 e. The average Bonchev–Trinajstić information content (AvgIpc) is 3.19. The van der Waals surface area contributed by atoms with Crippen LogP contribution in [-0.2, 0) is 4.79 Å². The molecule has 4 aliphatic carbocycles. The van der Waals surface area contributed by atoms with Gasteiger partial charge in [-0.25, -0.2) is 23.2 Å². The highest BCUT2D eigenvalue weighted by molar-refractivity contribution is 5.91. The van der Waals surface area contributed by atoms with Crippen LogP contribution < -0.4 is 18.6 Å². The van der Waals surface area contributed by atoms with Crippen molar-refractivity contribution in [1.82, 2.24) is 0 Å². The molecule has 190 valence electrons. The van der Waals surface area contributed by atoms with Gasteiger partial charge >= 0.3 is 0 Å². The Morgan fingerprint density at radius 1 is 0.971 bits per heavy atom. The molecule has 0 amide bonds. The normalized spacial score (nSPS) is 47.5. The lowest BCUT2D eigenvalue weighted by atomic mass is 9.46. The van der Waals surface area contributed by atoms with Gasteiger partial charge in [-0.3, -0.25) is 4.79 Å². The molecule has 0 saturated heterocycles. The highest BCUT2D eigenvalue weighted by Crippen LogP contribution is 2.68. The van der Waals surface area contributed by atoms with Gasteiger partial charge < -0.3 is 0 Å². The number of allylic oxidation sites excluding steroid dienone is 1. The van der Waals surface area contributed by atoms with Crippen molar-refractivity contribution >= 4 is 11.5 Å². The molecule has 0 spiro atoms. The van der Waals surface area contributed by atoms with E-state index in [9.17, 15) is 4.79 Å². The second-order valence-corrected chi connectivity index (χ2v) is 13.6. The molecule has 0 radical (unpaired) electrons. The molecule has 0 aromatic carbocycles. The van der Waals surface area contributed by atoms with E-state index < -0.39 is 10.2 Å². The van der Waals surface area contributed by atoms with Crippen LogP contribution in [0.2, 0.25) is 0 Å². The molecule has 3 saturated carbocycles. The lowest BCUT2D eigenvalue weighted by Gasteiger charge is -2.58. The summed E-state index contributed by atoms with van der Waals surface area (Å²) in [5.74, 6) is 5.59. The van der Waals surface area contributed by atoms with Gasteiger partial charge in [0.25, 0.3) is 0 Å². The topological polar surface area (TPSA) is 112 Å². The van der Waals surface area contributed by atoms with Gasteiger partial charge in [-0.05, 0) is 73.2 Å². The predicted octanol–water partition coefficient (Wildman–Crippen LogP) is 0.890. The van der Waals surface area contributed by atoms with Gasteiger partial charge in [0.15, 0.2) is 17.5 Å². The van der Waals surface area contributed by atoms with E-state index in [1.807, 2.05) is 5.71 Å². The second kappa shape index (κ2) is 8.37. The summed E-state index contributed by atoms with van der Waals surface area (Å²) in [6.07, 6.45) is 13.6. The first-order chi connectivity index (χ1) is 15.8. The van der Waals surface area contributed by atoms with E-state index in [1.165, 1.54) is 57.1 Å². The molecule has 6 nitrogen and oxygen atoms in total. The second-order valence-electron chi connectivity index (χ2n) is 12.8. The zero-order valence-electron chi connectivity index (χ0n) is 21.1. The zero-order chi connectivity index (χ0) is 24.6. The van der Waals surface area contributed by atoms with Crippen LogP contribution in [0.25, 0.3) is 0 Å². The fraction of sp³-hybridized carbons (Fsp3) is 0.852. The summed E-state index contributed by atoms with van der Waals surface area (Å²) >= 11 is 0. The number of fused-ring (bicyclic) bond motifs is 8. The Hall–Kier alpha value is -0.790. The Bertz CT molecular complexity index is 918. The van der Waals surface area contributed by atoms with E-state index in [0.29, 0.717) is 16.6 Å². The first kappa shape index (κ1) is 24.9. The number of hydrogen-bond acceptors (Lipinski definition) is 5. The molecule has 34 heavy (non-hydrogen) atoms. The van der Waals surface area contributed by atoms with Crippen molar-refractivity contribution in [2.75, 3.05) is 6.54 Å². The Morgan fingerprint density at radius 3 is 2.38 bits per heavy atom. The summed E-state index contributed by atoms with van der Waals surface area (Å²) < 4.78 is 36.9. The maximum absolute atomic E-state index is 12.1. The Kier molecular flexibility index (Phi) is 6.13. The fourth-order valence-electron chi connectivity index (χ4n) is 9.96. The highest BCUT2D eigenvalue weighted by atomic mass is 35.7. The number of carbonyl (C=O) groups is 1. The maximum Gasteiger partial charge on any atom is 0.157 e. The minimum Gasteiger partial charge on any atom is -0.295 e. The van der Waals surface area contributed by atoms with E-state index in [0.717, 1.165) is 54.4 Å². The van der Waals surface area contributed by atoms with Crippen molar-refractivity contribution in [3.8, 4) is 0 Å². The van der Waals surface area contributed by atoms with Crippen molar-refractivity contribution in [1.29, 1.82) is 0 Å². The lowest BCUT2D eigenvalue weighted by Crippen LogP contribution is -2.68. The number of hydrogen-bond donors (Lipinski definition) is 0. The molecule has 2 heterocycles. The predicted molar refractivity (Wildman–Crippen MR) is 117 cm³/mol. The summed E-state index contributed by atoms with van der Waals surface area (Å²) in [5, 5.41) is 0. The minimum absolute atomic E-state index is 0.318. The molecule has 0 N–H and O–H groups in total. The summed E-state index contributed by atoms with van der Waals surface area (Å²) in [6, 6.07) is 0.828. The molecule has 0 bridgehead atoms. The van der Waals surface area contributed by atoms with Gasteiger partial charge in [0.2, 0.25) is 0 Å². The summed E-state index contributed by atoms with van der Waals surface area (Å²) in [4.78, 5) is 12.1. The van der Waals surface area contributed by atoms with Crippen molar-refractivity contribution in [2.24, 2.45) is 46.3 Å². The van der Waals surface area contributed by atoms with Gasteiger partial charge in [0.1, 0.15) is 6.54 Å². The van der Waals surface area contributed by atoms with Crippen LogP contribution in [0.1, 0.15) is 85.5 Å². The fourth-order valence-corrected chi connectivity index (χ4v) is 9.96. The zero-order valence-corrected chi connectivity index (χ0v) is 21.8. The number of halogens is 1. The van der Waals surface area contributed by atoms with E-state index in [4.69, 9.17) is 18.6 Å². The van der Waals surface area contributed by atoms with E-state index in [1.54, 1.807) is 0 Å². The van der Waals surface area contributed by atoms with Crippen LogP contribution in [0.4, 0.5) is 0 Å². The first-order valence-electron chi connectivity index (χ1n) is 13.3. The number of rotatable bonds is 0. The molecule has 7 heteroatoms. The average molecular weight is 494 g/mol. The van der Waals surface area contributed by atoms with Crippen LogP contribution >= 0.6 is 0 Å². The van der Waals surface area contributed by atoms with Crippen molar-refractivity contribution in [3.05, 3.63) is 11.6 Å². The monoisotopic (exact) mass is 493 g/mol. The van der Waals surface area contributed by atoms with Crippen LogP contribution in [0.3, 0.4) is 0 Å². The third kappa shape index (κ3) is 3.92. The van der Waals surface area contributed by atoms with Crippen molar-refractivity contribution in [2.45, 2.75) is 91.5 Å². The van der Waals surface area contributed by atoms with Gasteiger partial charge in [0, 0.05) is 37.0 Å². The van der Waals surface area contributed by atoms with Crippen molar-refractivity contribution < 1.29 is 38.2 Å². The number of nitrogens with zero attached hydrogens (tertiary/aromatic N) is 1. The van der Waals surface area contributed by atoms with E-state index >= 15 is 0 Å². The molecular weight excluding hydrogens is 454 g/mol. The molecular formula is C27H40ClNO5. The molecule has 9 atom stereocenters. The van der Waals surface area contributed by atoms with Crippen LogP contribution in [-0.4, -0.2) is 28.7 Å². The highest BCUT2D eigenvalue weighted by Gasteiger charge is 2.68. The van der Waals surface area contributed by atoms with Crippen LogP contribution in [0, 0.1) is 56.6 Å². The molecule has 2 aliphatic heterocycles. The lowest BCUT2D eigenvalue weighted by molar-refractivity contribution is -2.00. The molecule has 0 aromatic heterocycles. The Labute approximate surface area is 205 Å². The quantitative estimate of drug-likeness (QED) is 0.465. The molecule has 3 fully saturated rings. The summed E-state index contributed by atoms with van der Waals surface area (Å²) in [7, 11) is -4.94. The largest absolute Gasteiger partial charge is 0.295 e. The third-order valence-corrected chi connectivity index (χ3v) is 11.3. The summed E-state index contributed by atoms with van der Waals surface area (Å²) in [5.41, 5.74) is 4.20. The SMILES string of the molecule is CC1C2=[N+](C[C@@H](C)CC2)C2C[C@H]3[C@@H]4CCC5=CC(=O)CC[C@]5(C)[C@H]4CC[C@]3(C)C12.[O-][Cl+3]([O-])([O-])[O-]. The Morgan fingerprint density at radius 2 is 1.68 bits per heavy atom. The van der Waals surface area contributed by atoms with Gasteiger partial charge in [0.05, 0.1) is 0 Å². The molecule has 0 aromatic rings. The van der Waals surface area contributed by atoms with Crippen LogP contribution in [0.15, 0.2) is 11.6 Å². The van der Waals surface area contributed by atoms with Crippen LogP contribution in [0.5, 0.6) is 0 Å². The van der Waals surface area contributed by atoms with Gasteiger partial charge in [-0.15, -0.1) is 10.2 Å². The third-order valence-electron chi connectivity index (χ3n) is 11.3. The van der Waals surface area contributed by atoms with Gasteiger partial charge in [-0.1, -0.05) is 33.3 Å². The molecule has 6 aliphatic rings. The standard InChI is InChI=1S/C27H40NO.ClHO4/c1-16-5-8-23-17(2)25-24(28(23)15-16)14-22-20-7-6-18-13-19(29)9-11-26(18,3)21(20)10-12-27(22,25)4;2-1(3,4)5/h13,16-17,20-22,24-25H,5-12,14-15H2,1-4H3;(H,2,3,4,5)/q+1;/p-1/t16-,17?,20+,21-,22-,24?,25?,26-,27-;/m0./s1. The first-order valence-corrected chi connectivity index (χ1v) is 14.5. The maximum atomic E-state index is 12.1. The number of ketones is 1. The van der Waals surface area contributed by atoms with Gasteiger partial charge in [-0.2, -0.15) is 0 Å². The minimum atomic E-state index is -4.94. The Balaban J connectivity index is 0.000000439. The van der Waals surface area contributed by atoms with E-state index in [-0.39, 0.29) is 0 Å². The van der Waals surface area contributed by atoms with Crippen molar-refractivity contribution in [3.63, 3.8) is 0 Å². The van der Waals surface area contributed by atoms with E-state index in [2.05, 4.69) is 38.3 Å². The number of carbonyl (C=O) groups excluding carboxylic acids is 1.